The van der Waals surface area contributed by atoms with E-state index in [2.05, 4.69) is 26.6 Å². The lowest BCUT2D eigenvalue weighted by atomic mass is 10.1. The molecular weight excluding hydrogens is 332 g/mol. The Morgan fingerprint density at radius 2 is 1.90 bits per heavy atom. The van der Waals surface area contributed by atoms with Crippen LogP contribution in [-0.2, 0) is 0 Å². The number of nitrogens with one attached hydrogen (secondary N) is 2. The van der Waals surface area contributed by atoms with Crippen LogP contribution in [0.15, 0.2) is 40.9 Å². The quantitative estimate of drug-likeness (QED) is 0.875. The number of carbonyl (C=O) groups excluding carboxylic acids is 1. The Kier molecular flexibility index (Phi) is 4.85. The highest BCUT2D eigenvalue weighted by molar-refractivity contribution is 9.10. The summed E-state index contributed by atoms with van der Waals surface area (Å²) < 4.78 is 6.13. The van der Waals surface area contributed by atoms with Gasteiger partial charge in [0.25, 0.3) is 5.91 Å². The van der Waals surface area contributed by atoms with E-state index in [1.807, 2.05) is 38.2 Å². The number of rotatable bonds is 4. The summed E-state index contributed by atoms with van der Waals surface area (Å²) in [7, 11) is 3.43. The van der Waals surface area contributed by atoms with Crippen molar-refractivity contribution in [1.82, 2.24) is 0 Å². The van der Waals surface area contributed by atoms with Crippen molar-refractivity contribution in [1.29, 1.82) is 0 Å². The van der Waals surface area contributed by atoms with E-state index in [1.165, 1.54) is 0 Å². The molecule has 0 atom stereocenters. The minimum atomic E-state index is -0.169. The number of amides is 1. The summed E-state index contributed by atoms with van der Waals surface area (Å²) >= 11 is 3.39. The van der Waals surface area contributed by atoms with Gasteiger partial charge in [-0.3, -0.25) is 4.79 Å². The zero-order chi connectivity index (χ0) is 15.4. The number of anilines is 2. The second-order valence-electron chi connectivity index (χ2n) is 4.58. The van der Waals surface area contributed by atoms with Gasteiger partial charge in [0.15, 0.2) is 0 Å². The third-order valence-corrected chi connectivity index (χ3v) is 3.66. The van der Waals surface area contributed by atoms with Gasteiger partial charge in [0.05, 0.1) is 12.8 Å². The van der Waals surface area contributed by atoms with Crippen molar-refractivity contribution in [3.63, 3.8) is 0 Å². The highest BCUT2D eigenvalue weighted by atomic mass is 79.9. The van der Waals surface area contributed by atoms with Crippen molar-refractivity contribution in [2.45, 2.75) is 6.92 Å². The summed E-state index contributed by atoms with van der Waals surface area (Å²) in [6.07, 6.45) is 0. The number of benzene rings is 2. The first-order valence-electron chi connectivity index (χ1n) is 6.48. The van der Waals surface area contributed by atoms with Crippen LogP contribution >= 0.6 is 15.9 Å². The third-order valence-electron chi connectivity index (χ3n) is 3.17. The average Bonchev–Trinajstić information content (AvgIpc) is 2.47. The highest BCUT2D eigenvalue weighted by Crippen LogP contribution is 2.28. The van der Waals surface area contributed by atoms with E-state index >= 15 is 0 Å². The second-order valence-corrected chi connectivity index (χ2v) is 5.49. The molecule has 1 amide bonds. The Morgan fingerprint density at radius 3 is 2.52 bits per heavy atom. The zero-order valence-electron chi connectivity index (χ0n) is 12.2. The number of ether oxygens (including phenoxy) is 1. The largest absolute Gasteiger partial charge is 0.495 e. The predicted molar refractivity (Wildman–Crippen MR) is 89.4 cm³/mol. The van der Waals surface area contributed by atoms with Gasteiger partial charge in [-0.15, -0.1) is 0 Å². The van der Waals surface area contributed by atoms with E-state index in [0.29, 0.717) is 17.0 Å². The first-order valence-corrected chi connectivity index (χ1v) is 7.27. The SMILES string of the molecule is CNc1ccc(C(=O)Nc2cc(Br)ccc2OC)cc1C. The summed E-state index contributed by atoms with van der Waals surface area (Å²) in [4.78, 5) is 12.3. The molecule has 2 aromatic carbocycles. The van der Waals surface area contributed by atoms with Gasteiger partial charge in [0.1, 0.15) is 5.75 Å². The molecule has 0 heterocycles. The number of carbonyl (C=O) groups is 1. The van der Waals surface area contributed by atoms with Crippen LogP contribution in [0.4, 0.5) is 11.4 Å². The van der Waals surface area contributed by atoms with Crippen molar-refractivity contribution in [2.24, 2.45) is 0 Å². The monoisotopic (exact) mass is 348 g/mol. The number of methoxy groups -OCH3 is 1. The zero-order valence-corrected chi connectivity index (χ0v) is 13.7. The number of aryl methyl sites for hydroxylation is 1. The number of halogens is 1. The van der Waals surface area contributed by atoms with Crippen molar-refractivity contribution in [3.8, 4) is 5.75 Å². The van der Waals surface area contributed by atoms with Gasteiger partial charge in [0.2, 0.25) is 0 Å². The molecule has 2 N–H and O–H groups in total. The first kappa shape index (κ1) is 15.4. The first-order chi connectivity index (χ1) is 10.0. The van der Waals surface area contributed by atoms with Crippen LogP contribution in [0, 0.1) is 6.92 Å². The molecule has 0 aliphatic heterocycles. The molecule has 2 aromatic rings. The van der Waals surface area contributed by atoms with Gasteiger partial charge >= 0.3 is 0 Å². The molecule has 0 fully saturated rings. The molecule has 0 spiro atoms. The Balaban J connectivity index is 2.26. The van der Waals surface area contributed by atoms with Gasteiger partial charge in [-0.1, -0.05) is 15.9 Å². The molecule has 0 aromatic heterocycles. The van der Waals surface area contributed by atoms with Gasteiger partial charge in [-0.25, -0.2) is 0 Å². The second kappa shape index (κ2) is 6.63. The lowest BCUT2D eigenvalue weighted by Gasteiger charge is -2.12. The van der Waals surface area contributed by atoms with E-state index in [-0.39, 0.29) is 5.91 Å². The Morgan fingerprint density at radius 1 is 1.14 bits per heavy atom. The Hall–Kier alpha value is -2.01. The normalized spacial score (nSPS) is 10.1. The van der Waals surface area contributed by atoms with Crippen LogP contribution < -0.4 is 15.4 Å². The number of hydrogen-bond donors (Lipinski definition) is 2. The number of hydrogen-bond acceptors (Lipinski definition) is 3. The van der Waals surface area contributed by atoms with Crippen molar-refractivity contribution in [3.05, 3.63) is 52.0 Å². The van der Waals surface area contributed by atoms with E-state index in [0.717, 1.165) is 15.7 Å². The Bertz CT molecular complexity index is 671. The van der Waals surface area contributed by atoms with Crippen LogP contribution in [0.25, 0.3) is 0 Å². The van der Waals surface area contributed by atoms with Crippen LogP contribution in [0.3, 0.4) is 0 Å². The Labute approximate surface area is 132 Å². The van der Waals surface area contributed by atoms with Crippen molar-refractivity contribution in [2.75, 3.05) is 24.8 Å². The molecule has 0 saturated heterocycles. The molecule has 0 aliphatic carbocycles. The summed E-state index contributed by atoms with van der Waals surface area (Å²) in [6, 6.07) is 11.0. The standard InChI is InChI=1S/C16H17BrN2O2/c1-10-8-11(4-6-13(10)18-2)16(20)19-14-9-12(17)5-7-15(14)21-3/h4-9,18H,1-3H3,(H,19,20). The molecule has 2 rings (SSSR count). The molecule has 0 radical (unpaired) electrons. The fraction of sp³-hybridized carbons (Fsp3) is 0.188. The van der Waals surface area contributed by atoms with Gasteiger partial charge in [-0.2, -0.15) is 0 Å². The maximum atomic E-state index is 12.3. The molecule has 0 aliphatic rings. The van der Waals surface area contributed by atoms with Gasteiger partial charge in [-0.05, 0) is 48.9 Å². The molecular formula is C16H17BrN2O2. The molecule has 21 heavy (non-hydrogen) atoms. The minimum Gasteiger partial charge on any atom is -0.495 e. The maximum Gasteiger partial charge on any atom is 0.255 e. The molecule has 110 valence electrons. The average molecular weight is 349 g/mol. The van der Waals surface area contributed by atoms with Crippen molar-refractivity contribution < 1.29 is 9.53 Å². The smallest absolute Gasteiger partial charge is 0.255 e. The molecule has 0 unspecified atom stereocenters. The summed E-state index contributed by atoms with van der Waals surface area (Å²) in [5.41, 5.74) is 3.26. The minimum absolute atomic E-state index is 0.169. The molecule has 0 bridgehead atoms. The van der Waals surface area contributed by atoms with Crippen LogP contribution in [0.1, 0.15) is 15.9 Å². The van der Waals surface area contributed by atoms with Crippen LogP contribution in [-0.4, -0.2) is 20.1 Å². The highest BCUT2D eigenvalue weighted by Gasteiger charge is 2.11. The third kappa shape index (κ3) is 3.55. The molecule has 4 nitrogen and oxygen atoms in total. The van der Waals surface area contributed by atoms with Crippen LogP contribution in [0.2, 0.25) is 0 Å². The van der Waals surface area contributed by atoms with E-state index in [1.54, 1.807) is 19.2 Å². The fourth-order valence-electron chi connectivity index (χ4n) is 2.06. The van der Waals surface area contributed by atoms with E-state index in [9.17, 15) is 4.79 Å². The van der Waals surface area contributed by atoms with E-state index in [4.69, 9.17) is 4.74 Å². The lowest BCUT2D eigenvalue weighted by Crippen LogP contribution is -2.13. The topological polar surface area (TPSA) is 50.4 Å². The lowest BCUT2D eigenvalue weighted by molar-refractivity contribution is 0.102. The molecule has 5 heteroatoms. The summed E-state index contributed by atoms with van der Waals surface area (Å²) in [5.74, 6) is 0.451. The van der Waals surface area contributed by atoms with Crippen molar-refractivity contribution >= 4 is 33.2 Å². The van der Waals surface area contributed by atoms with Crippen LogP contribution in [0.5, 0.6) is 5.75 Å². The fourth-order valence-corrected chi connectivity index (χ4v) is 2.42. The van der Waals surface area contributed by atoms with Gasteiger partial charge in [0, 0.05) is 22.8 Å². The summed E-state index contributed by atoms with van der Waals surface area (Å²) in [6.45, 7) is 1.96. The van der Waals surface area contributed by atoms with E-state index < -0.39 is 0 Å². The molecule has 0 saturated carbocycles. The maximum absolute atomic E-state index is 12.3. The van der Waals surface area contributed by atoms with Gasteiger partial charge < -0.3 is 15.4 Å². The predicted octanol–water partition coefficient (Wildman–Crippen LogP) is 4.06. The summed E-state index contributed by atoms with van der Waals surface area (Å²) in [5, 5.41) is 5.95.